The number of hydrogen-bond donors (Lipinski definition) is 2. The number of H-pyrrole nitrogens is 1. The fourth-order valence-electron chi connectivity index (χ4n) is 2.37. The van der Waals surface area contributed by atoms with Gasteiger partial charge < -0.3 is 14.5 Å². The summed E-state index contributed by atoms with van der Waals surface area (Å²) in [6, 6.07) is 11.8. The van der Waals surface area contributed by atoms with E-state index in [1.807, 2.05) is 12.1 Å². The summed E-state index contributed by atoms with van der Waals surface area (Å²) < 4.78 is 38.3. The molecule has 120 valence electrons. The van der Waals surface area contributed by atoms with Crippen LogP contribution in [-0.4, -0.2) is 27.6 Å². The van der Waals surface area contributed by atoms with E-state index in [1.54, 1.807) is 24.4 Å². The van der Waals surface area contributed by atoms with Crippen molar-refractivity contribution in [1.82, 2.24) is 4.98 Å². The third-order valence-corrected chi connectivity index (χ3v) is 4.90. The van der Waals surface area contributed by atoms with Gasteiger partial charge in [-0.1, -0.05) is 6.07 Å². The van der Waals surface area contributed by atoms with Gasteiger partial charge in [0.15, 0.2) is 0 Å². The second kappa shape index (κ2) is 5.85. The lowest BCUT2D eigenvalue weighted by molar-refractivity contribution is 0.386. The van der Waals surface area contributed by atoms with Crippen molar-refractivity contribution in [3.8, 4) is 11.5 Å². The quantitative estimate of drug-likeness (QED) is 0.753. The Hall–Kier alpha value is -2.67. The molecule has 3 rings (SSSR count). The summed E-state index contributed by atoms with van der Waals surface area (Å²) in [5, 5.41) is 0.795. The van der Waals surface area contributed by atoms with Gasteiger partial charge in [0.25, 0.3) is 10.0 Å². The summed E-state index contributed by atoms with van der Waals surface area (Å²) in [6.45, 7) is 0. The minimum Gasteiger partial charge on any atom is -0.497 e. The van der Waals surface area contributed by atoms with Crippen LogP contribution in [0.5, 0.6) is 11.5 Å². The number of aromatic amines is 1. The minimum atomic E-state index is -3.79. The van der Waals surface area contributed by atoms with E-state index in [0.717, 1.165) is 10.9 Å². The SMILES string of the molecule is COc1ccc(S(=O)(=O)Nc2cccc3[nH]ccc23)c(OC)c1. The zero-order chi connectivity index (χ0) is 16.4. The van der Waals surface area contributed by atoms with Gasteiger partial charge in [-0.15, -0.1) is 0 Å². The van der Waals surface area contributed by atoms with Crippen LogP contribution in [0.1, 0.15) is 0 Å². The maximum Gasteiger partial charge on any atom is 0.265 e. The molecular formula is C16H16N2O4S. The summed E-state index contributed by atoms with van der Waals surface area (Å²) in [5.41, 5.74) is 1.36. The lowest BCUT2D eigenvalue weighted by Crippen LogP contribution is -2.14. The predicted octanol–water partition coefficient (Wildman–Crippen LogP) is 2.99. The number of rotatable bonds is 5. The van der Waals surface area contributed by atoms with Crippen LogP contribution in [0.15, 0.2) is 53.6 Å². The Balaban J connectivity index is 2.04. The van der Waals surface area contributed by atoms with E-state index < -0.39 is 10.0 Å². The number of fused-ring (bicyclic) bond motifs is 1. The molecule has 0 atom stereocenters. The largest absolute Gasteiger partial charge is 0.497 e. The molecule has 0 saturated heterocycles. The molecule has 0 aliphatic heterocycles. The van der Waals surface area contributed by atoms with Gasteiger partial charge in [-0.2, -0.15) is 0 Å². The molecule has 7 heteroatoms. The predicted molar refractivity (Wildman–Crippen MR) is 88.7 cm³/mol. The Morgan fingerprint density at radius 2 is 1.87 bits per heavy atom. The van der Waals surface area contributed by atoms with Gasteiger partial charge in [0.2, 0.25) is 0 Å². The summed E-state index contributed by atoms with van der Waals surface area (Å²) in [7, 11) is -0.870. The number of methoxy groups -OCH3 is 2. The van der Waals surface area contributed by atoms with Gasteiger partial charge in [-0.3, -0.25) is 4.72 Å². The average Bonchev–Trinajstić information content (AvgIpc) is 3.03. The normalized spacial score (nSPS) is 11.4. The van der Waals surface area contributed by atoms with Crippen LogP contribution in [0, 0.1) is 0 Å². The number of anilines is 1. The molecule has 2 aromatic carbocycles. The Morgan fingerprint density at radius 3 is 2.61 bits per heavy atom. The molecular weight excluding hydrogens is 316 g/mol. The number of nitrogens with one attached hydrogen (secondary N) is 2. The first-order valence-electron chi connectivity index (χ1n) is 6.86. The highest BCUT2D eigenvalue weighted by atomic mass is 32.2. The van der Waals surface area contributed by atoms with Crippen molar-refractivity contribution in [3.05, 3.63) is 48.7 Å². The summed E-state index contributed by atoms with van der Waals surface area (Å²) in [6.07, 6.45) is 1.76. The van der Waals surface area contributed by atoms with Crippen molar-refractivity contribution in [2.24, 2.45) is 0 Å². The van der Waals surface area contributed by atoms with Gasteiger partial charge in [0, 0.05) is 23.2 Å². The highest BCUT2D eigenvalue weighted by Gasteiger charge is 2.21. The first kappa shape index (κ1) is 15.2. The fourth-order valence-corrected chi connectivity index (χ4v) is 3.60. The van der Waals surface area contributed by atoms with E-state index in [2.05, 4.69) is 9.71 Å². The smallest absolute Gasteiger partial charge is 0.265 e. The number of benzene rings is 2. The van der Waals surface area contributed by atoms with Crippen molar-refractivity contribution in [3.63, 3.8) is 0 Å². The van der Waals surface area contributed by atoms with Crippen molar-refractivity contribution < 1.29 is 17.9 Å². The summed E-state index contributed by atoms with van der Waals surface area (Å²) >= 11 is 0. The van der Waals surface area contributed by atoms with Crippen LogP contribution in [0.3, 0.4) is 0 Å². The standard InChI is InChI=1S/C16H16N2O4S/c1-21-11-6-7-16(15(10-11)22-2)23(19,20)18-14-5-3-4-13-12(14)8-9-17-13/h3-10,17-18H,1-2H3. The monoisotopic (exact) mass is 332 g/mol. The van der Waals surface area contributed by atoms with E-state index in [9.17, 15) is 8.42 Å². The van der Waals surface area contributed by atoms with Crippen LogP contribution in [-0.2, 0) is 10.0 Å². The Bertz CT molecular complexity index is 948. The molecule has 0 aliphatic carbocycles. The molecule has 0 radical (unpaired) electrons. The van der Waals surface area contributed by atoms with E-state index in [0.29, 0.717) is 11.4 Å². The first-order valence-corrected chi connectivity index (χ1v) is 8.34. The van der Waals surface area contributed by atoms with Gasteiger partial charge in [-0.05, 0) is 30.3 Å². The Labute approximate surface area is 134 Å². The van der Waals surface area contributed by atoms with Crippen LogP contribution in [0.25, 0.3) is 10.9 Å². The highest BCUT2D eigenvalue weighted by Crippen LogP contribution is 2.31. The highest BCUT2D eigenvalue weighted by molar-refractivity contribution is 7.92. The van der Waals surface area contributed by atoms with Crippen molar-refractivity contribution in [1.29, 1.82) is 0 Å². The second-order valence-electron chi connectivity index (χ2n) is 4.87. The third kappa shape index (κ3) is 2.83. The van der Waals surface area contributed by atoms with Crippen LogP contribution in [0.4, 0.5) is 5.69 Å². The van der Waals surface area contributed by atoms with Gasteiger partial charge in [-0.25, -0.2) is 8.42 Å². The molecule has 0 spiro atoms. The van der Waals surface area contributed by atoms with Gasteiger partial charge in [0.05, 0.1) is 19.9 Å². The first-order chi connectivity index (χ1) is 11.0. The van der Waals surface area contributed by atoms with Crippen LogP contribution < -0.4 is 14.2 Å². The molecule has 0 fully saturated rings. The van der Waals surface area contributed by atoms with Crippen molar-refractivity contribution >= 4 is 26.6 Å². The maximum absolute atomic E-state index is 12.7. The number of hydrogen-bond acceptors (Lipinski definition) is 4. The van der Waals surface area contributed by atoms with Crippen LogP contribution >= 0.6 is 0 Å². The third-order valence-electron chi connectivity index (χ3n) is 3.50. The molecule has 2 N–H and O–H groups in total. The van der Waals surface area contributed by atoms with Crippen LogP contribution in [0.2, 0.25) is 0 Å². The fraction of sp³-hybridized carbons (Fsp3) is 0.125. The van der Waals surface area contributed by atoms with Gasteiger partial charge >= 0.3 is 0 Å². The molecule has 23 heavy (non-hydrogen) atoms. The Kier molecular flexibility index (Phi) is 3.87. The molecule has 0 amide bonds. The van der Waals surface area contributed by atoms with Crippen molar-refractivity contribution in [2.75, 3.05) is 18.9 Å². The summed E-state index contributed by atoms with van der Waals surface area (Å²) in [5.74, 6) is 0.742. The van der Waals surface area contributed by atoms with E-state index >= 15 is 0 Å². The second-order valence-corrected chi connectivity index (χ2v) is 6.52. The molecule has 0 aliphatic rings. The molecule has 6 nitrogen and oxygen atoms in total. The molecule has 3 aromatic rings. The van der Waals surface area contributed by atoms with Gasteiger partial charge in [0.1, 0.15) is 16.4 Å². The number of aromatic nitrogens is 1. The molecule has 0 unspecified atom stereocenters. The topological polar surface area (TPSA) is 80.4 Å². The maximum atomic E-state index is 12.7. The van der Waals surface area contributed by atoms with E-state index in [4.69, 9.17) is 9.47 Å². The van der Waals surface area contributed by atoms with Crippen molar-refractivity contribution in [2.45, 2.75) is 4.90 Å². The molecule has 1 aromatic heterocycles. The summed E-state index contributed by atoms with van der Waals surface area (Å²) in [4.78, 5) is 3.10. The zero-order valence-corrected chi connectivity index (χ0v) is 13.5. The molecule has 0 saturated carbocycles. The number of ether oxygens (including phenoxy) is 2. The minimum absolute atomic E-state index is 0.0494. The average molecular weight is 332 g/mol. The molecule has 1 heterocycles. The molecule has 0 bridgehead atoms. The lowest BCUT2D eigenvalue weighted by atomic mass is 10.2. The zero-order valence-electron chi connectivity index (χ0n) is 12.7. The van der Waals surface area contributed by atoms with E-state index in [-0.39, 0.29) is 10.6 Å². The Morgan fingerprint density at radius 1 is 1.04 bits per heavy atom. The number of sulfonamides is 1. The van der Waals surface area contributed by atoms with E-state index in [1.165, 1.54) is 26.4 Å². The lowest BCUT2D eigenvalue weighted by Gasteiger charge is -2.13.